The summed E-state index contributed by atoms with van der Waals surface area (Å²) in [5.41, 5.74) is 5.46. The molecule has 0 amide bonds. The summed E-state index contributed by atoms with van der Waals surface area (Å²) in [6, 6.07) is 1.45. The molecule has 48 valence electrons. The quantitative estimate of drug-likeness (QED) is 0.634. The van der Waals surface area contributed by atoms with Crippen LogP contribution in [0, 0.1) is 6.85 Å². The van der Waals surface area contributed by atoms with E-state index in [0.29, 0.717) is 4.47 Å². The van der Waals surface area contributed by atoms with Crippen LogP contribution in [0.3, 0.4) is 0 Å². The molecule has 3 heteroatoms. The summed E-state index contributed by atoms with van der Waals surface area (Å²) in [6.07, 6.45) is 1.46. The van der Waals surface area contributed by atoms with E-state index < -0.39 is 6.85 Å². The average Bonchev–Trinajstić information content (AvgIpc) is 1.92. The van der Waals surface area contributed by atoms with Gasteiger partial charge in [0.2, 0.25) is 0 Å². The Morgan fingerprint density at radius 3 is 3.22 bits per heavy atom. The van der Waals surface area contributed by atoms with E-state index in [1.165, 1.54) is 12.3 Å². The van der Waals surface area contributed by atoms with Crippen LogP contribution in [-0.2, 0) is 0 Å². The molecular weight excluding hydrogens is 181 g/mol. The molecule has 1 heterocycles. The normalized spacial score (nSPS) is 15.9. The highest BCUT2D eigenvalue weighted by Gasteiger charge is 1.92. The van der Waals surface area contributed by atoms with Crippen LogP contribution >= 0.6 is 15.9 Å². The number of nitrogens with zero attached hydrogens (tertiary/aromatic N) is 1. The van der Waals surface area contributed by atoms with Gasteiger partial charge in [0, 0.05) is 14.8 Å². The molecule has 2 N–H and O–H groups in total. The van der Waals surface area contributed by atoms with Gasteiger partial charge >= 0.3 is 0 Å². The molecule has 0 saturated carbocycles. The lowest BCUT2D eigenvalue weighted by Gasteiger charge is -1.96. The van der Waals surface area contributed by atoms with Crippen LogP contribution in [0.25, 0.3) is 0 Å². The molecule has 1 aromatic rings. The van der Waals surface area contributed by atoms with E-state index in [1.807, 2.05) is 0 Å². The average molecular weight is 191 g/mol. The van der Waals surface area contributed by atoms with Crippen molar-refractivity contribution in [2.75, 3.05) is 5.73 Å². The minimum atomic E-state index is -2.19. The molecule has 1 aromatic heterocycles. The maximum Gasteiger partial charge on any atom is 0.126 e. The minimum absolute atomic E-state index is 0.0539. The van der Waals surface area contributed by atoms with Crippen molar-refractivity contribution in [3.63, 3.8) is 0 Å². The lowest BCUT2D eigenvalue weighted by molar-refractivity contribution is 1.26. The molecule has 0 aromatic carbocycles. The van der Waals surface area contributed by atoms with E-state index in [-0.39, 0.29) is 11.4 Å². The molecule has 0 saturated heterocycles. The Morgan fingerprint density at radius 1 is 1.89 bits per heavy atom. The van der Waals surface area contributed by atoms with Crippen molar-refractivity contribution in [1.29, 1.82) is 0 Å². The smallest absolute Gasteiger partial charge is 0.126 e. The van der Waals surface area contributed by atoms with Crippen molar-refractivity contribution in [3.05, 3.63) is 22.3 Å². The van der Waals surface area contributed by atoms with Gasteiger partial charge in [0.15, 0.2) is 0 Å². The van der Waals surface area contributed by atoms with E-state index in [0.717, 1.165) is 0 Å². The third-order valence-electron chi connectivity index (χ3n) is 0.885. The Hall–Kier alpha value is -0.570. The van der Waals surface area contributed by atoms with Crippen molar-refractivity contribution >= 4 is 21.7 Å². The summed E-state index contributed by atoms with van der Waals surface area (Å²) in [4.78, 5) is 3.72. The molecule has 0 aliphatic heterocycles. The first-order chi connectivity index (χ1) is 5.41. The van der Waals surface area contributed by atoms with Gasteiger partial charge in [0.1, 0.15) is 5.82 Å². The number of hydrogen-bond donors (Lipinski definition) is 1. The Balaban J connectivity index is 3.23. The maximum atomic E-state index is 7.10. The van der Waals surface area contributed by atoms with Crippen LogP contribution in [0.2, 0.25) is 0 Å². The highest BCUT2D eigenvalue weighted by molar-refractivity contribution is 9.10. The summed E-state index contributed by atoms with van der Waals surface area (Å²) >= 11 is 3.12. The van der Waals surface area contributed by atoms with Crippen LogP contribution in [0.1, 0.15) is 9.68 Å². The Labute approximate surface area is 66.4 Å². The predicted molar refractivity (Wildman–Crippen MR) is 41.1 cm³/mol. The van der Waals surface area contributed by atoms with Gasteiger partial charge in [-0.25, -0.2) is 4.98 Å². The fourth-order valence-electron chi connectivity index (χ4n) is 0.450. The first kappa shape index (κ1) is 3.56. The Morgan fingerprint density at radius 2 is 2.67 bits per heavy atom. The fourth-order valence-corrected chi connectivity index (χ4v) is 0.781. The van der Waals surface area contributed by atoms with E-state index >= 15 is 0 Å². The van der Waals surface area contributed by atoms with E-state index in [4.69, 9.17) is 9.85 Å². The third-order valence-corrected chi connectivity index (χ3v) is 1.32. The topological polar surface area (TPSA) is 38.9 Å². The number of hydrogen-bond acceptors (Lipinski definition) is 2. The monoisotopic (exact) mass is 190 g/mol. The minimum Gasteiger partial charge on any atom is -0.383 e. The predicted octanol–water partition coefficient (Wildman–Crippen LogP) is 1.73. The number of rotatable bonds is 0. The SMILES string of the molecule is [2H][13C]([2H])([2H])c1cc(Br)cnc1N. The molecule has 2 nitrogen and oxygen atoms in total. The standard InChI is InChI=1S/C6H7BrN2/c1-4-2-5(7)3-9-6(4)8/h2-3H,1H3,(H2,8,9)/i1+1D3. The Kier molecular flexibility index (Phi) is 0.931. The van der Waals surface area contributed by atoms with Gasteiger partial charge in [-0.1, -0.05) is 0 Å². The zero-order valence-corrected chi connectivity index (χ0v) is 6.14. The highest BCUT2D eigenvalue weighted by Crippen LogP contribution is 2.13. The number of anilines is 1. The molecular formula is C6H7BrN2. The van der Waals surface area contributed by atoms with Crippen LogP contribution in [0.4, 0.5) is 5.82 Å². The van der Waals surface area contributed by atoms with Crippen LogP contribution in [0.5, 0.6) is 0 Å². The second-order valence-corrected chi connectivity index (χ2v) is 2.50. The van der Waals surface area contributed by atoms with Crippen molar-refractivity contribution in [2.45, 2.75) is 6.85 Å². The summed E-state index contributed by atoms with van der Waals surface area (Å²) < 4.78 is 21.9. The second kappa shape index (κ2) is 2.35. The number of nitrogen functional groups attached to an aromatic ring is 1. The van der Waals surface area contributed by atoms with Gasteiger partial charge in [0.25, 0.3) is 0 Å². The summed E-state index contributed by atoms with van der Waals surface area (Å²) in [5.74, 6) is 0.0539. The van der Waals surface area contributed by atoms with Crippen molar-refractivity contribution in [2.24, 2.45) is 0 Å². The lowest BCUT2D eigenvalue weighted by Crippen LogP contribution is -1.91. The zero-order chi connectivity index (χ0) is 9.35. The van der Waals surface area contributed by atoms with Crippen molar-refractivity contribution in [3.8, 4) is 0 Å². The first-order valence-electron chi connectivity index (χ1n) is 3.83. The van der Waals surface area contributed by atoms with E-state index in [9.17, 15) is 0 Å². The van der Waals surface area contributed by atoms with Crippen LogP contribution in [0.15, 0.2) is 16.7 Å². The molecule has 0 fully saturated rings. The van der Waals surface area contributed by atoms with Crippen molar-refractivity contribution in [1.82, 2.24) is 4.98 Å². The molecule has 0 aliphatic rings. The third kappa shape index (κ3) is 1.42. The molecule has 0 spiro atoms. The van der Waals surface area contributed by atoms with Gasteiger partial charge in [-0.15, -0.1) is 0 Å². The fraction of sp³-hybridized carbons (Fsp3) is 0.167. The molecule has 0 atom stereocenters. The van der Waals surface area contributed by atoms with Gasteiger partial charge in [0.05, 0.1) is 0 Å². The Bertz CT molecular complexity index is 297. The lowest BCUT2D eigenvalue weighted by atomic mass is 10.4. The van der Waals surface area contributed by atoms with E-state index in [1.54, 1.807) is 0 Å². The molecule has 0 aliphatic carbocycles. The molecule has 9 heavy (non-hydrogen) atoms. The van der Waals surface area contributed by atoms with Gasteiger partial charge in [-0.3, -0.25) is 0 Å². The maximum absolute atomic E-state index is 7.10. The van der Waals surface area contributed by atoms with E-state index in [2.05, 4.69) is 20.9 Å². The summed E-state index contributed by atoms with van der Waals surface area (Å²) in [6.45, 7) is -2.19. The molecule has 0 bridgehead atoms. The van der Waals surface area contributed by atoms with Gasteiger partial charge in [-0.2, -0.15) is 0 Å². The van der Waals surface area contributed by atoms with Gasteiger partial charge < -0.3 is 5.73 Å². The number of aryl methyl sites for hydroxylation is 1. The van der Waals surface area contributed by atoms with Crippen LogP contribution < -0.4 is 5.73 Å². The van der Waals surface area contributed by atoms with Gasteiger partial charge in [-0.05, 0) is 34.4 Å². The zero-order valence-electron chi connectivity index (χ0n) is 7.56. The van der Waals surface area contributed by atoms with Crippen molar-refractivity contribution < 1.29 is 4.11 Å². The number of pyridine rings is 1. The largest absolute Gasteiger partial charge is 0.383 e. The van der Waals surface area contributed by atoms with Crippen LogP contribution in [-0.4, -0.2) is 4.98 Å². The highest BCUT2D eigenvalue weighted by atomic mass is 79.9. The molecule has 1 rings (SSSR count). The summed E-state index contributed by atoms with van der Waals surface area (Å²) in [7, 11) is 0. The number of nitrogens with two attached hydrogens (primary N) is 1. The first-order valence-corrected chi connectivity index (χ1v) is 3.12. The second-order valence-electron chi connectivity index (χ2n) is 1.59. The number of aromatic nitrogens is 1. The summed E-state index contributed by atoms with van der Waals surface area (Å²) in [5, 5.41) is 0. The number of halogens is 1. The molecule has 0 radical (unpaired) electrons. The molecule has 0 unspecified atom stereocenters.